The molecular weight excluding hydrogens is 605 g/mol. The van der Waals surface area contributed by atoms with Gasteiger partial charge in [-0.2, -0.15) is 0 Å². The van der Waals surface area contributed by atoms with Gasteiger partial charge in [-0.25, -0.2) is 0 Å². The van der Waals surface area contributed by atoms with E-state index in [4.69, 9.17) is 0 Å². The Kier molecular flexibility index (Phi) is 6.67. The molecule has 0 saturated carbocycles. The van der Waals surface area contributed by atoms with Crippen LogP contribution in [0.2, 0.25) is 0 Å². The quantitative estimate of drug-likeness (QED) is 0.178. The van der Waals surface area contributed by atoms with Crippen LogP contribution in [0.3, 0.4) is 0 Å². The highest BCUT2D eigenvalue weighted by Crippen LogP contribution is 2.40. The topological polar surface area (TPSA) is 9.86 Å². The molecule has 2 heterocycles. The lowest BCUT2D eigenvalue weighted by molar-refractivity contribution is 0.898. The van der Waals surface area contributed by atoms with Gasteiger partial charge in [-0.1, -0.05) is 127 Å². The van der Waals surface area contributed by atoms with Crippen LogP contribution in [-0.4, -0.2) is 9.13 Å². The molecule has 2 aromatic heterocycles. The molecule has 1 aliphatic rings. The Morgan fingerprint density at radius 2 is 0.900 bits per heavy atom. The minimum Gasteiger partial charge on any atom is -0.313 e. The first-order chi connectivity index (χ1) is 24.8. The lowest BCUT2D eigenvalue weighted by atomic mass is 9.90. The van der Waals surface area contributed by atoms with E-state index >= 15 is 0 Å². The van der Waals surface area contributed by atoms with Crippen molar-refractivity contribution < 1.29 is 0 Å². The summed E-state index contributed by atoms with van der Waals surface area (Å²) in [6, 6.07) is 64.0. The molecule has 2 nitrogen and oxygen atoms in total. The van der Waals surface area contributed by atoms with E-state index in [0.717, 1.165) is 12.8 Å². The van der Waals surface area contributed by atoms with Gasteiger partial charge >= 0.3 is 0 Å². The highest BCUT2D eigenvalue weighted by molar-refractivity contribution is 6.11. The number of fused-ring (bicyclic) bond motifs is 6. The van der Waals surface area contributed by atoms with Crippen molar-refractivity contribution >= 4 is 44.4 Å². The van der Waals surface area contributed by atoms with Gasteiger partial charge in [0.2, 0.25) is 0 Å². The number of benzene rings is 7. The van der Waals surface area contributed by atoms with E-state index in [0.29, 0.717) is 0 Å². The molecule has 0 radical (unpaired) electrons. The second-order valence-electron chi connectivity index (χ2n) is 13.3. The van der Waals surface area contributed by atoms with E-state index in [-0.39, 0.29) is 0 Å². The number of hydrogen-bond acceptors (Lipinski definition) is 0. The minimum absolute atomic E-state index is 1.01. The van der Waals surface area contributed by atoms with Gasteiger partial charge in [0, 0.05) is 38.8 Å². The van der Waals surface area contributed by atoms with Gasteiger partial charge in [-0.05, 0) is 101 Å². The molecule has 0 spiro atoms. The third kappa shape index (κ3) is 4.64. The molecule has 0 N–H and O–H groups in total. The van der Waals surface area contributed by atoms with Gasteiger partial charge in [0.05, 0.1) is 16.6 Å². The normalized spacial score (nSPS) is 12.8. The third-order valence-electron chi connectivity index (χ3n) is 10.5. The molecule has 0 unspecified atom stereocenters. The monoisotopic (exact) mass is 638 g/mol. The van der Waals surface area contributed by atoms with E-state index in [1.807, 2.05) is 0 Å². The first-order valence-electron chi connectivity index (χ1n) is 17.5. The number of nitrogens with zero attached hydrogens (tertiary/aromatic N) is 2. The zero-order chi connectivity index (χ0) is 33.0. The number of rotatable bonds is 5. The molecule has 0 aliphatic heterocycles. The van der Waals surface area contributed by atoms with Crippen LogP contribution in [0.15, 0.2) is 176 Å². The van der Waals surface area contributed by atoms with Crippen molar-refractivity contribution in [3.05, 3.63) is 193 Å². The smallest absolute Gasteiger partial charge is 0.0547 e. The van der Waals surface area contributed by atoms with Crippen LogP contribution in [0.5, 0.6) is 0 Å². The van der Waals surface area contributed by atoms with Crippen LogP contribution in [0.25, 0.3) is 78.0 Å². The highest BCUT2D eigenvalue weighted by Gasteiger charge is 2.22. The molecule has 50 heavy (non-hydrogen) atoms. The Balaban J connectivity index is 1.04. The van der Waals surface area contributed by atoms with Gasteiger partial charge in [-0.3, -0.25) is 0 Å². The molecule has 2 heteroatoms. The zero-order valence-electron chi connectivity index (χ0n) is 27.6. The van der Waals surface area contributed by atoms with Crippen molar-refractivity contribution in [3.8, 4) is 33.6 Å². The molecule has 0 bridgehead atoms. The van der Waals surface area contributed by atoms with Crippen molar-refractivity contribution in [1.29, 1.82) is 0 Å². The lowest BCUT2D eigenvalue weighted by Gasteiger charge is -2.18. The molecule has 1 aliphatic carbocycles. The molecule has 7 aromatic carbocycles. The fourth-order valence-electron chi connectivity index (χ4n) is 8.07. The van der Waals surface area contributed by atoms with Gasteiger partial charge in [0.15, 0.2) is 0 Å². The second-order valence-corrected chi connectivity index (χ2v) is 13.3. The Hall–Kier alpha value is -6.38. The predicted molar refractivity (Wildman–Crippen MR) is 211 cm³/mol. The molecule has 10 rings (SSSR count). The molecule has 0 saturated heterocycles. The summed E-state index contributed by atoms with van der Waals surface area (Å²) in [4.78, 5) is 0. The summed E-state index contributed by atoms with van der Waals surface area (Å²) in [5, 5.41) is 3.85. The fourth-order valence-corrected chi connectivity index (χ4v) is 8.07. The summed E-state index contributed by atoms with van der Waals surface area (Å²) in [5.74, 6) is 0. The Morgan fingerprint density at radius 1 is 0.340 bits per heavy atom. The summed E-state index contributed by atoms with van der Waals surface area (Å²) in [6.07, 6.45) is 4.47. The zero-order valence-corrected chi connectivity index (χ0v) is 27.6. The number of para-hydroxylation sites is 3. The fraction of sp³-hybridized carbons (Fsp3) is 0.0417. The molecular formula is C48H34N2. The van der Waals surface area contributed by atoms with Crippen LogP contribution in [0.4, 0.5) is 0 Å². The SMILES string of the molecule is C1=C(c2ccc(-c3ccc4c(c3)c3ccc(-c5ccccc5)cc3n4-c3ccccc3)cc2)CCc2c1c1ccccc1n2-c1ccccc1. The van der Waals surface area contributed by atoms with Crippen molar-refractivity contribution in [2.45, 2.75) is 12.8 Å². The van der Waals surface area contributed by atoms with E-state index < -0.39 is 0 Å². The van der Waals surface area contributed by atoms with Crippen LogP contribution in [0.1, 0.15) is 23.2 Å². The van der Waals surface area contributed by atoms with Crippen LogP contribution < -0.4 is 0 Å². The Bertz CT molecular complexity index is 2710. The van der Waals surface area contributed by atoms with Crippen LogP contribution in [0, 0.1) is 0 Å². The maximum Gasteiger partial charge on any atom is 0.0547 e. The maximum absolute atomic E-state index is 2.45. The van der Waals surface area contributed by atoms with Gasteiger partial charge in [0.25, 0.3) is 0 Å². The largest absolute Gasteiger partial charge is 0.313 e. The summed E-state index contributed by atoms with van der Waals surface area (Å²) in [6.45, 7) is 0. The van der Waals surface area contributed by atoms with E-state index in [1.54, 1.807) is 0 Å². The standard InChI is InChI=1S/C48H34N2/c1-4-12-33(13-5-1)38-24-27-42-44-31-37(26-29-47(44)50(48(42)32-38)40-16-8-3-9-17-40)35-22-20-34(21-23-35)36-25-28-46-43(30-36)41-18-10-11-19-45(41)49(46)39-14-6-2-7-15-39/h1-24,26-27,29-32H,25,28H2. The minimum atomic E-state index is 1.01. The second kappa shape index (κ2) is 11.6. The predicted octanol–water partition coefficient (Wildman–Crippen LogP) is 12.5. The molecule has 0 atom stereocenters. The average molecular weight is 639 g/mol. The number of aromatic nitrogens is 2. The molecule has 236 valence electrons. The molecule has 0 amide bonds. The number of hydrogen-bond donors (Lipinski definition) is 0. The third-order valence-corrected chi connectivity index (χ3v) is 10.5. The van der Waals surface area contributed by atoms with Crippen molar-refractivity contribution in [2.24, 2.45) is 0 Å². The first kappa shape index (κ1) is 28.6. The summed E-state index contributed by atoms with van der Waals surface area (Å²) in [5.41, 5.74) is 16.5. The Labute approximate surface area is 291 Å². The Morgan fingerprint density at radius 3 is 1.66 bits per heavy atom. The summed E-state index contributed by atoms with van der Waals surface area (Å²) in [7, 11) is 0. The van der Waals surface area contributed by atoms with Crippen LogP contribution in [-0.2, 0) is 6.42 Å². The summed E-state index contributed by atoms with van der Waals surface area (Å²) >= 11 is 0. The van der Waals surface area contributed by atoms with Crippen LogP contribution >= 0.6 is 0 Å². The molecule has 9 aromatic rings. The van der Waals surface area contributed by atoms with Gasteiger partial charge in [0.1, 0.15) is 0 Å². The maximum atomic E-state index is 2.45. The van der Waals surface area contributed by atoms with E-state index in [1.165, 1.54) is 88.7 Å². The number of allylic oxidation sites excluding steroid dienone is 1. The van der Waals surface area contributed by atoms with Gasteiger partial charge in [-0.15, -0.1) is 0 Å². The van der Waals surface area contributed by atoms with Crippen molar-refractivity contribution in [3.63, 3.8) is 0 Å². The van der Waals surface area contributed by atoms with Crippen molar-refractivity contribution in [2.75, 3.05) is 0 Å². The highest BCUT2D eigenvalue weighted by atomic mass is 15.0. The molecule has 0 fully saturated rings. The van der Waals surface area contributed by atoms with E-state index in [9.17, 15) is 0 Å². The van der Waals surface area contributed by atoms with E-state index in [2.05, 4.69) is 191 Å². The first-order valence-corrected chi connectivity index (χ1v) is 17.5. The average Bonchev–Trinajstić information content (AvgIpc) is 3.70. The summed E-state index contributed by atoms with van der Waals surface area (Å²) < 4.78 is 4.86. The van der Waals surface area contributed by atoms with Crippen molar-refractivity contribution in [1.82, 2.24) is 9.13 Å². The lowest BCUT2D eigenvalue weighted by Crippen LogP contribution is -2.05. The van der Waals surface area contributed by atoms with Gasteiger partial charge < -0.3 is 9.13 Å².